The van der Waals surface area contributed by atoms with E-state index in [0.717, 1.165) is 22.4 Å². The van der Waals surface area contributed by atoms with Gasteiger partial charge in [0.25, 0.3) is 5.91 Å². The third-order valence-corrected chi connectivity index (χ3v) is 6.47. The van der Waals surface area contributed by atoms with Crippen LogP contribution in [0.2, 0.25) is 0 Å². The van der Waals surface area contributed by atoms with E-state index >= 15 is 0 Å². The molecule has 5 rings (SSSR count). The molecule has 1 atom stereocenters. The molecule has 2 N–H and O–H groups in total. The average molecular weight is 486 g/mol. The molecule has 1 fully saturated rings. The van der Waals surface area contributed by atoms with E-state index in [1.165, 1.54) is 0 Å². The molecule has 184 valence electrons. The number of imide groups is 1. The van der Waals surface area contributed by atoms with Crippen molar-refractivity contribution in [2.75, 3.05) is 19.8 Å². The number of benzene rings is 3. The first-order valence-electron chi connectivity index (χ1n) is 11.9. The minimum atomic E-state index is -1.33. The molecule has 0 aliphatic carbocycles. The minimum Gasteiger partial charge on any atom is -0.490 e. The van der Waals surface area contributed by atoms with Crippen LogP contribution in [0.1, 0.15) is 36.1 Å². The number of hydrogen-bond donors (Lipinski definition) is 2. The van der Waals surface area contributed by atoms with E-state index in [1.807, 2.05) is 60.7 Å². The lowest BCUT2D eigenvalue weighted by atomic mass is 9.91. The van der Waals surface area contributed by atoms with Crippen LogP contribution in [0, 0.1) is 0 Å². The van der Waals surface area contributed by atoms with Crippen LogP contribution in [-0.4, -0.2) is 42.5 Å². The zero-order valence-corrected chi connectivity index (χ0v) is 19.9. The maximum Gasteiger partial charge on any atom is 0.325 e. The molecule has 2 aliphatic heterocycles. The van der Waals surface area contributed by atoms with Crippen LogP contribution in [0.3, 0.4) is 0 Å². The van der Waals surface area contributed by atoms with Gasteiger partial charge in [-0.15, -0.1) is 0 Å². The molecule has 0 unspecified atom stereocenters. The Kier molecular flexibility index (Phi) is 6.33. The van der Waals surface area contributed by atoms with Crippen molar-refractivity contribution in [3.8, 4) is 11.5 Å². The molecule has 3 aromatic carbocycles. The van der Waals surface area contributed by atoms with Crippen molar-refractivity contribution in [1.82, 2.24) is 15.5 Å². The number of amides is 4. The molecule has 0 radical (unpaired) electrons. The molecule has 3 aromatic rings. The largest absolute Gasteiger partial charge is 0.490 e. The minimum absolute atomic E-state index is 0.402. The Morgan fingerprint density at radius 3 is 2.19 bits per heavy atom. The topological polar surface area (TPSA) is 97.0 Å². The number of nitrogens with zero attached hydrogens (tertiary/aromatic N) is 1. The zero-order chi connectivity index (χ0) is 25.1. The normalized spacial score (nSPS) is 19.1. The zero-order valence-electron chi connectivity index (χ0n) is 19.9. The molecular formula is C28H27N3O5. The summed E-state index contributed by atoms with van der Waals surface area (Å²) in [7, 11) is 0. The Morgan fingerprint density at radius 1 is 0.944 bits per heavy atom. The van der Waals surface area contributed by atoms with Crippen LogP contribution in [0.15, 0.2) is 78.9 Å². The van der Waals surface area contributed by atoms with Gasteiger partial charge in [0.15, 0.2) is 11.5 Å². The highest BCUT2D eigenvalue weighted by Crippen LogP contribution is 2.36. The Hall–Kier alpha value is -4.33. The number of nitrogens with one attached hydrogen (secondary N) is 2. The summed E-state index contributed by atoms with van der Waals surface area (Å²) < 4.78 is 11.4. The maximum absolute atomic E-state index is 13.4. The van der Waals surface area contributed by atoms with Crippen molar-refractivity contribution in [1.29, 1.82) is 0 Å². The lowest BCUT2D eigenvalue weighted by Gasteiger charge is -2.24. The van der Waals surface area contributed by atoms with E-state index in [-0.39, 0.29) is 0 Å². The van der Waals surface area contributed by atoms with Crippen LogP contribution in [0.25, 0.3) is 0 Å². The van der Waals surface area contributed by atoms with Crippen molar-refractivity contribution in [3.05, 3.63) is 95.6 Å². The molecule has 1 saturated heterocycles. The quantitative estimate of drug-likeness (QED) is 0.521. The summed E-state index contributed by atoms with van der Waals surface area (Å²) in [6.45, 7) is 2.28. The van der Waals surface area contributed by atoms with Gasteiger partial charge in [0, 0.05) is 6.42 Å². The molecule has 2 heterocycles. The van der Waals surface area contributed by atoms with Gasteiger partial charge in [-0.2, -0.15) is 0 Å². The highest BCUT2D eigenvalue weighted by Gasteiger charge is 2.50. The van der Waals surface area contributed by atoms with Crippen molar-refractivity contribution >= 4 is 17.8 Å². The number of urea groups is 1. The van der Waals surface area contributed by atoms with Gasteiger partial charge in [-0.05, 0) is 35.7 Å². The Morgan fingerprint density at radius 2 is 1.56 bits per heavy atom. The van der Waals surface area contributed by atoms with Gasteiger partial charge in [-0.3, -0.25) is 14.5 Å². The van der Waals surface area contributed by atoms with Crippen molar-refractivity contribution < 1.29 is 23.9 Å². The van der Waals surface area contributed by atoms with Gasteiger partial charge in [0.1, 0.15) is 12.1 Å². The van der Waals surface area contributed by atoms with E-state index in [9.17, 15) is 14.4 Å². The predicted octanol–water partition coefficient (Wildman–Crippen LogP) is 3.52. The highest BCUT2D eigenvalue weighted by atomic mass is 16.5. The first-order chi connectivity index (χ1) is 17.5. The molecule has 8 heteroatoms. The van der Waals surface area contributed by atoms with E-state index in [2.05, 4.69) is 10.6 Å². The first-order valence-corrected chi connectivity index (χ1v) is 11.9. The molecule has 0 bridgehead atoms. The van der Waals surface area contributed by atoms with E-state index in [0.29, 0.717) is 30.3 Å². The predicted molar refractivity (Wildman–Crippen MR) is 133 cm³/mol. The number of hydrogen-bond acceptors (Lipinski definition) is 5. The van der Waals surface area contributed by atoms with Gasteiger partial charge in [0.2, 0.25) is 5.91 Å². The number of fused-ring (bicyclic) bond motifs is 1. The second-order valence-corrected chi connectivity index (χ2v) is 8.98. The summed E-state index contributed by atoms with van der Waals surface area (Å²) >= 11 is 0. The molecule has 8 nitrogen and oxygen atoms in total. The lowest BCUT2D eigenvalue weighted by molar-refractivity contribution is -0.135. The molecule has 0 spiro atoms. The van der Waals surface area contributed by atoms with E-state index in [4.69, 9.17) is 9.47 Å². The fraction of sp³-hybridized carbons (Fsp3) is 0.250. The van der Waals surface area contributed by atoms with Crippen LogP contribution >= 0.6 is 0 Å². The molecule has 36 heavy (non-hydrogen) atoms. The lowest BCUT2D eigenvalue weighted by Crippen LogP contribution is -2.44. The van der Waals surface area contributed by atoms with Gasteiger partial charge in [0.05, 0.1) is 19.3 Å². The van der Waals surface area contributed by atoms with E-state index in [1.54, 1.807) is 25.1 Å². The number of ether oxygens (including phenoxy) is 2. The van der Waals surface area contributed by atoms with Gasteiger partial charge >= 0.3 is 6.03 Å². The Labute approximate surface area is 209 Å². The second kappa shape index (κ2) is 9.73. The molecule has 0 aromatic heterocycles. The fourth-order valence-corrected chi connectivity index (χ4v) is 4.51. The van der Waals surface area contributed by atoms with Crippen molar-refractivity contribution in [2.45, 2.75) is 24.9 Å². The molecule has 0 saturated carbocycles. The van der Waals surface area contributed by atoms with E-state index < -0.39 is 36.0 Å². The summed E-state index contributed by atoms with van der Waals surface area (Å²) in [5.74, 6) is 0.172. The summed E-state index contributed by atoms with van der Waals surface area (Å²) in [4.78, 5) is 40.3. The summed E-state index contributed by atoms with van der Waals surface area (Å²) in [5, 5.41) is 5.74. The van der Waals surface area contributed by atoms with Crippen molar-refractivity contribution in [2.24, 2.45) is 0 Å². The third-order valence-electron chi connectivity index (χ3n) is 6.47. The number of carbonyl (C=O) groups excluding carboxylic acids is 3. The number of rotatable bonds is 6. The Balaban J connectivity index is 1.34. The van der Waals surface area contributed by atoms with Gasteiger partial charge in [-0.1, -0.05) is 66.7 Å². The van der Waals surface area contributed by atoms with Gasteiger partial charge in [-0.25, -0.2) is 4.79 Å². The monoisotopic (exact) mass is 485 g/mol. The smallest absolute Gasteiger partial charge is 0.325 e. The average Bonchev–Trinajstić information content (AvgIpc) is 3.05. The molecular weight excluding hydrogens is 458 g/mol. The molecule has 2 aliphatic rings. The van der Waals surface area contributed by atoms with Crippen LogP contribution in [0.4, 0.5) is 4.79 Å². The SMILES string of the molecule is C[C@]1(c2ccc3c(c2)OCCCO3)NC(=O)N(CC(=O)NC(c2ccccc2)c2ccccc2)C1=O. The third kappa shape index (κ3) is 4.49. The Bertz CT molecular complexity index is 1240. The van der Waals surface area contributed by atoms with Gasteiger partial charge < -0.3 is 20.1 Å². The maximum atomic E-state index is 13.4. The van der Waals surface area contributed by atoms with Crippen LogP contribution in [0.5, 0.6) is 11.5 Å². The fourth-order valence-electron chi connectivity index (χ4n) is 4.51. The standard InChI is InChI=1S/C28H27N3O5/c1-28(21-13-14-22-23(17-21)36-16-8-15-35-22)26(33)31(27(34)30-28)18-24(32)29-25(19-9-4-2-5-10-19)20-11-6-3-7-12-20/h2-7,9-14,17,25H,8,15-16,18H2,1H3,(H,29,32)(H,30,34)/t28-/m1/s1. The molecule has 4 amide bonds. The first kappa shape index (κ1) is 23.4. The highest BCUT2D eigenvalue weighted by molar-refractivity contribution is 6.09. The van der Waals surface area contributed by atoms with Crippen LogP contribution in [-0.2, 0) is 15.1 Å². The second-order valence-electron chi connectivity index (χ2n) is 8.98. The van der Waals surface area contributed by atoms with Crippen molar-refractivity contribution in [3.63, 3.8) is 0 Å². The van der Waals surface area contributed by atoms with Crippen LogP contribution < -0.4 is 20.1 Å². The summed E-state index contributed by atoms with van der Waals surface area (Å²) in [5.41, 5.74) is 1.01. The summed E-state index contributed by atoms with van der Waals surface area (Å²) in [6, 6.07) is 23.2. The number of carbonyl (C=O) groups is 3. The summed E-state index contributed by atoms with van der Waals surface area (Å²) in [6.07, 6.45) is 0.757.